The summed E-state index contributed by atoms with van der Waals surface area (Å²) in [7, 11) is 28.2. The van der Waals surface area contributed by atoms with Gasteiger partial charge >= 0.3 is 0 Å². The Kier molecular flexibility index (Phi) is 4.61. The number of nitrogens with two attached hydrogens (primary N) is 1. The Labute approximate surface area is 107 Å². The van der Waals surface area contributed by atoms with Crippen molar-refractivity contribution in [3.63, 3.8) is 0 Å². The summed E-state index contributed by atoms with van der Waals surface area (Å²) in [6.45, 7) is 1.04. The van der Waals surface area contributed by atoms with Crippen molar-refractivity contribution in [1.29, 1.82) is 0 Å². The lowest BCUT2D eigenvalue weighted by atomic mass is 9.26. The molecule has 16 heavy (non-hydrogen) atoms. The van der Waals surface area contributed by atoms with E-state index in [0.717, 1.165) is 0 Å². The first-order chi connectivity index (χ1) is 7.16. The van der Waals surface area contributed by atoms with Crippen LogP contribution in [0.2, 0.25) is 5.11 Å². The van der Waals surface area contributed by atoms with Gasteiger partial charge in [0.05, 0.1) is 39.2 Å². The minimum atomic E-state index is -1.69. The summed E-state index contributed by atoms with van der Waals surface area (Å²) in [5.74, 6) is 0. The van der Waals surface area contributed by atoms with E-state index in [0.29, 0.717) is 25.9 Å². The van der Waals surface area contributed by atoms with E-state index in [4.69, 9.17) is 44.4 Å². The smallest absolute Gasteiger partial charge is 0.137 e. The molecule has 0 aromatic carbocycles. The van der Waals surface area contributed by atoms with Crippen molar-refractivity contribution in [2.45, 2.75) is 28.5 Å². The van der Waals surface area contributed by atoms with E-state index in [1.165, 1.54) is 0 Å². The third-order valence-electron chi connectivity index (χ3n) is 2.99. The Morgan fingerprint density at radius 3 is 1.88 bits per heavy atom. The first kappa shape index (κ1) is 14.6. The highest BCUT2D eigenvalue weighted by atomic mass is 32.2. The molecule has 0 aliphatic carbocycles. The van der Waals surface area contributed by atoms with Crippen molar-refractivity contribution in [2.75, 3.05) is 13.1 Å². The van der Waals surface area contributed by atoms with Crippen LogP contribution in [0.1, 0.15) is 12.8 Å². The molecule has 0 spiro atoms. The van der Waals surface area contributed by atoms with Crippen LogP contribution >= 0.6 is 0 Å². The molecular formula is C7H11B5N2OS. The highest BCUT2D eigenvalue weighted by molar-refractivity contribution is 7.89. The van der Waals surface area contributed by atoms with Crippen LogP contribution in [0.25, 0.3) is 0 Å². The summed E-state index contributed by atoms with van der Waals surface area (Å²) in [6, 6.07) is 0. The molecule has 0 aromatic heterocycles. The topological polar surface area (TPSA) is 52.3 Å². The molecule has 3 nitrogen and oxygen atoms in total. The molecule has 1 atom stereocenters. The Hall–Kier alpha value is 0.555. The standard InChI is InChI=1S/C7H11B5N2OS/c8-6(9,10)7(11,12)14-3-1-5(2-4-14)16(13)15/h5H,1-4,13H2. The molecule has 1 fully saturated rings. The van der Waals surface area contributed by atoms with E-state index >= 15 is 0 Å². The zero-order valence-electron chi connectivity index (χ0n) is 9.13. The fourth-order valence-electron chi connectivity index (χ4n) is 1.73. The Morgan fingerprint density at radius 1 is 1.12 bits per heavy atom. The van der Waals surface area contributed by atoms with Crippen molar-refractivity contribution in [1.82, 2.24) is 4.90 Å². The first-order valence-electron chi connectivity index (χ1n) is 5.00. The Morgan fingerprint density at radius 2 is 1.56 bits per heavy atom. The van der Waals surface area contributed by atoms with Gasteiger partial charge in [0, 0.05) is 37.3 Å². The molecule has 1 saturated heterocycles. The molecule has 0 amide bonds. The predicted octanol–water partition coefficient (Wildman–Crippen LogP) is -2.36. The van der Waals surface area contributed by atoms with Gasteiger partial charge in [-0.2, -0.15) is 5.14 Å². The van der Waals surface area contributed by atoms with Gasteiger partial charge in [-0.25, -0.2) is 0 Å². The maximum atomic E-state index is 11.1. The number of rotatable bonds is 3. The maximum absolute atomic E-state index is 11.1. The Balaban J connectivity index is 2.60. The number of nitrogens with zero attached hydrogens (tertiary/aromatic N) is 1. The van der Waals surface area contributed by atoms with Crippen LogP contribution in [0.4, 0.5) is 0 Å². The fraction of sp³-hybridized carbons (Fsp3) is 1.00. The van der Waals surface area contributed by atoms with Crippen LogP contribution in [0.15, 0.2) is 0 Å². The predicted molar refractivity (Wildman–Crippen MR) is 71.1 cm³/mol. The largest absolute Gasteiger partial charge is 0.598 e. The van der Waals surface area contributed by atoms with E-state index in [1.807, 2.05) is 0 Å². The summed E-state index contributed by atoms with van der Waals surface area (Å²) in [6.07, 6.45) is 1.27. The number of likely N-dealkylation sites (tertiary alicyclic amines) is 1. The molecule has 0 aromatic rings. The molecule has 0 saturated carbocycles. The molecule has 10 radical (unpaired) electrons. The second-order valence-corrected chi connectivity index (χ2v) is 5.60. The third-order valence-corrected chi connectivity index (χ3v) is 4.12. The van der Waals surface area contributed by atoms with E-state index in [-0.39, 0.29) is 5.25 Å². The zero-order chi connectivity index (χ0) is 12.6. The van der Waals surface area contributed by atoms with Crippen molar-refractivity contribution in [3.8, 4) is 0 Å². The normalized spacial score (nSPS) is 23.1. The van der Waals surface area contributed by atoms with Crippen LogP contribution in [-0.2, 0) is 11.4 Å². The van der Waals surface area contributed by atoms with Gasteiger partial charge in [-0.05, 0) is 0 Å². The number of hydrogen-bond donors (Lipinski definition) is 1. The van der Waals surface area contributed by atoms with Crippen molar-refractivity contribution in [3.05, 3.63) is 0 Å². The summed E-state index contributed by atoms with van der Waals surface area (Å²) in [4.78, 5) is 1.69. The monoisotopic (exact) mass is 226 g/mol. The van der Waals surface area contributed by atoms with Crippen LogP contribution in [0.3, 0.4) is 0 Å². The van der Waals surface area contributed by atoms with Crippen molar-refractivity contribution in [2.24, 2.45) is 5.14 Å². The number of hydrogen-bond acceptors (Lipinski definition) is 3. The summed E-state index contributed by atoms with van der Waals surface area (Å²) in [5.41, 5.74) is 0. The molecule has 1 aliphatic heterocycles. The van der Waals surface area contributed by atoms with Crippen molar-refractivity contribution >= 4 is 50.6 Å². The van der Waals surface area contributed by atoms with Gasteiger partial charge < -0.3 is 9.45 Å². The van der Waals surface area contributed by atoms with Gasteiger partial charge in [-0.3, -0.25) is 0 Å². The highest BCUT2D eigenvalue weighted by Crippen LogP contribution is 2.31. The van der Waals surface area contributed by atoms with Crippen LogP contribution < -0.4 is 5.14 Å². The maximum Gasteiger partial charge on any atom is 0.137 e. The van der Waals surface area contributed by atoms with Gasteiger partial charge in [-0.1, -0.05) is 5.34 Å². The Bertz CT molecular complexity index is 239. The van der Waals surface area contributed by atoms with Crippen LogP contribution in [0.5, 0.6) is 0 Å². The number of piperidine rings is 1. The average Bonchev–Trinajstić information content (AvgIpc) is 2.16. The van der Waals surface area contributed by atoms with E-state index in [1.54, 1.807) is 4.90 Å². The average molecular weight is 225 g/mol. The zero-order valence-corrected chi connectivity index (χ0v) is 9.95. The van der Waals surface area contributed by atoms with E-state index in [9.17, 15) is 4.55 Å². The second-order valence-electron chi connectivity index (χ2n) is 4.27. The minimum Gasteiger partial charge on any atom is -0.598 e. The molecule has 1 aliphatic rings. The molecule has 9 heteroatoms. The van der Waals surface area contributed by atoms with Crippen LogP contribution in [-0.4, -0.2) is 72.4 Å². The molecule has 2 N–H and O–H groups in total. The lowest BCUT2D eigenvalue weighted by molar-refractivity contribution is 0.185. The van der Waals surface area contributed by atoms with Gasteiger partial charge in [-0.15, -0.1) is 5.11 Å². The van der Waals surface area contributed by atoms with Gasteiger partial charge in [0.25, 0.3) is 0 Å². The molecule has 1 heterocycles. The third kappa shape index (κ3) is 3.06. The quantitative estimate of drug-likeness (QED) is 0.432. The highest BCUT2D eigenvalue weighted by Gasteiger charge is 2.38. The molecule has 1 unspecified atom stereocenters. The van der Waals surface area contributed by atoms with Crippen molar-refractivity contribution < 1.29 is 4.55 Å². The summed E-state index contributed by atoms with van der Waals surface area (Å²) >= 11 is -1.32. The van der Waals surface area contributed by atoms with E-state index < -0.39 is 21.8 Å². The molecule has 1 rings (SSSR count). The van der Waals surface area contributed by atoms with Gasteiger partial charge in [0.1, 0.15) is 5.25 Å². The summed E-state index contributed by atoms with van der Waals surface area (Å²) in [5, 5.41) is 2.11. The first-order valence-corrected chi connectivity index (χ1v) is 6.28. The molecule has 76 valence electrons. The summed E-state index contributed by atoms with van der Waals surface area (Å²) < 4.78 is 11.1. The lowest BCUT2D eigenvalue weighted by Gasteiger charge is -2.52. The minimum absolute atomic E-state index is 0.0326. The molecule has 0 bridgehead atoms. The van der Waals surface area contributed by atoms with Gasteiger partial charge in [0.2, 0.25) is 0 Å². The molecular weight excluding hydrogens is 214 g/mol. The lowest BCUT2D eigenvalue weighted by Crippen LogP contribution is -2.61. The second kappa shape index (κ2) is 5.05. The fourth-order valence-corrected chi connectivity index (χ4v) is 2.41. The van der Waals surface area contributed by atoms with Crippen LogP contribution in [0, 0.1) is 0 Å². The van der Waals surface area contributed by atoms with Gasteiger partial charge in [0.15, 0.2) is 0 Å². The SMILES string of the molecule is [B]C([B])([B])C([B])([B])N1CCC([S+](N)[O-])CC1. The van der Waals surface area contributed by atoms with E-state index in [2.05, 4.69) is 0 Å².